The van der Waals surface area contributed by atoms with Gasteiger partial charge in [0.2, 0.25) is 0 Å². The number of esters is 1. The van der Waals surface area contributed by atoms with E-state index < -0.39 is 0 Å². The number of carbonyl (C=O) groups excluding carboxylic acids is 2. The van der Waals surface area contributed by atoms with Gasteiger partial charge in [-0.25, -0.2) is 4.79 Å². The summed E-state index contributed by atoms with van der Waals surface area (Å²) >= 11 is 1.08. The van der Waals surface area contributed by atoms with E-state index in [0.29, 0.717) is 19.4 Å². The molecule has 0 amide bonds. The largest absolute Gasteiger partial charge is 0.469 e. The molecule has 0 saturated heterocycles. The molecule has 1 aliphatic carbocycles. The summed E-state index contributed by atoms with van der Waals surface area (Å²) in [5, 5.41) is -0.308. The molecule has 102 valence electrons. The molecule has 19 heavy (non-hydrogen) atoms. The lowest BCUT2D eigenvalue weighted by atomic mass is 10.1. The maximum atomic E-state index is 11.6. The molecule has 0 aromatic heterocycles. The van der Waals surface area contributed by atoms with Gasteiger partial charge in [-0.1, -0.05) is 12.1 Å². The van der Waals surface area contributed by atoms with Gasteiger partial charge >= 0.3 is 11.3 Å². The number of rotatable bonds is 3. The second-order valence-electron chi connectivity index (χ2n) is 4.31. The van der Waals surface area contributed by atoms with Crippen LogP contribution in [0.2, 0.25) is 0 Å². The number of fused-ring (bicyclic) bond motifs is 1. The Labute approximate surface area is 116 Å². The molecular formula is C14H16O4S. The molecule has 0 unspecified atom stereocenters. The molecule has 0 bridgehead atoms. The van der Waals surface area contributed by atoms with E-state index in [0.717, 1.165) is 27.8 Å². The molecule has 0 aliphatic heterocycles. The summed E-state index contributed by atoms with van der Waals surface area (Å²) < 4.78 is 9.72. The first-order valence-electron chi connectivity index (χ1n) is 6.19. The minimum Gasteiger partial charge on any atom is -0.469 e. The van der Waals surface area contributed by atoms with Gasteiger partial charge in [0.1, 0.15) is 0 Å². The average molecular weight is 280 g/mol. The van der Waals surface area contributed by atoms with Gasteiger partial charge in [-0.15, -0.1) is 0 Å². The zero-order valence-corrected chi connectivity index (χ0v) is 11.8. The summed E-state index contributed by atoms with van der Waals surface area (Å²) in [4.78, 5) is 24.0. The highest BCUT2D eigenvalue weighted by molar-refractivity contribution is 8.13. The van der Waals surface area contributed by atoms with Crippen molar-refractivity contribution in [1.29, 1.82) is 0 Å². The minimum absolute atomic E-state index is 0.135. The molecule has 5 heteroatoms. The summed E-state index contributed by atoms with van der Waals surface area (Å²) in [7, 11) is 1.40. The van der Waals surface area contributed by atoms with Gasteiger partial charge in [0.25, 0.3) is 0 Å². The summed E-state index contributed by atoms with van der Waals surface area (Å²) in [6, 6.07) is 5.79. The van der Waals surface area contributed by atoms with Gasteiger partial charge in [0.15, 0.2) is 0 Å². The summed E-state index contributed by atoms with van der Waals surface area (Å²) in [6.07, 6.45) is 1.31. The Morgan fingerprint density at radius 3 is 2.84 bits per heavy atom. The molecule has 0 N–H and O–H groups in total. The van der Waals surface area contributed by atoms with Crippen LogP contribution in [0, 0.1) is 5.92 Å². The molecule has 0 spiro atoms. The van der Waals surface area contributed by atoms with Gasteiger partial charge in [-0.3, -0.25) is 4.79 Å². The molecule has 1 aromatic rings. The van der Waals surface area contributed by atoms with Gasteiger partial charge in [0, 0.05) is 4.90 Å². The van der Waals surface area contributed by atoms with Crippen LogP contribution in [0.1, 0.15) is 18.1 Å². The Balaban J connectivity index is 2.16. The fourth-order valence-corrected chi connectivity index (χ4v) is 3.12. The number of benzene rings is 1. The van der Waals surface area contributed by atoms with Crippen LogP contribution < -0.4 is 0 Å². The quantitative estimate of drug-likeness (QED) is 0.629. The van der Waals surface area contributed by atoms with E-state index in [1.165, 1.54) is 7.11 Å². The average Bonchev–Trinajstić information content (AvgIpc) is 2.83. The molecule has 0 fully saturated rings. The van der Waals surface area contributed by atoms with Crippen molar-refractivity contribution in [3.8, 4) is 0 Å². The molecular weight excluding hydrogens is 264 g/mol. The topological polar surface area (TPSA) is 52.6 Å². The number of thioether (sulfide) groups is 1. The van der Waals surface area contributed by atoms with E-state index in [1.807, 2.05) is 18.2 Å². The Hall–Kier alpha value is -1.49. The van der Waals surface area contributed by atoms with Crippen molar-refractivity contribution < 1.29 is 19.1 Å². The molecule has 4 nitrogen and oxygen atoms in total. The van der Waals surface area contributed by atoms with Crippen LogP contribution in [0.4, 0.5) is 4.79 Å². The number of ether oxygens (including phenoxy) is 2. The van der Waals surface area contributed by atoms with Crippen molar-refractivity contribution >= 4 is 23.0 Å². The van der Waals surface area contributed by atoms with E-state index in [9.17, 15) is 9.59 Å². The minimum atomic E-state index is -0.308. The molecule has 0 saturated carbocycles. The second-order valence-corrected chi connectivity index (χ2v) is 5.28. The van der Waals surface area contributed by atoms with E-state index in [2.05, 4.69) is 0 Å². The molecule has 1 atom stereocenters. The predicted molar refractivity (Wildman–Crippen MR) is 72.2 cm³/mol. The van der Waals surface area contributed by atoms with Gasteiger partial charge < -0.3 is 9.47 Å². The highest BCUT2D eigenvalue weighted by atomic mass is 32.2. The number of methoxy groups -OCH3 is 1. The fraction of sp³-hybridized carbons (Fsp3) is 0.429. The number of hydrogen-bond donors (Lipinski definition) is 0. The maximum Gasteiger partial charge on any atom is 0.372 e. The zero-order chi connectivity index (χ0) is 13.8. The third-order valence-corrected chi connectivity index (χ3v) is 4.02. The first-order chi connectivity index (χ1) is 9.15. The Kier molecular flexibility index (Phi) is 4.47. The lowest BCUT2D eigenvalue weighted by molar-refractivity contribution is -0.145. The fourth-order valence-electron chi connectivity index (χ4n) is 2.28. The van der Waals surface area contributed by atoms with Crippen LogP contribution in [0.15, 0.2) is 23.1 Å². The normalized spacial score (nSPS) is 16.8. The summed E-state index contributed by atoms with van der Waals surface area (Å²) in [5.41, 5.74) is 2.18. The Morgan fingerprint density at radius 2 is 2.16 bits per heavy atom. The molecule has 0 heterocycles. The van der Waals surface area contributed by atoms with E-state index in [4.69, 9.17) is 9.47 Å². The van der Waals surface area contributed by atoms with Crippen molar-refractivity contribution in [1.82, 2.24) is 0 Å². The van der Waals surface area contributed by atoms with Gasteiger partial charge in [-0.05, 0) is 48.7 Å². The van der Waals surface area contributed by atoms with Crippen LogP contribution in [0.25, 0.3) is 0 Å². The Morgan fingerprint density at radius 1 is 1.37 bits per heavy atom. The van der Waals surface area contributed by atoms with Crippen LogP contribution in [0.5, 0.6) is 0 Å². The van der Waals surface area contributed by atoms with Crippen molar-refractivity contribution in [2.45, 2.75) is 24.7 Å². The van der Waals surface area contributed by atoms with Gasteiger partial charge in [-0.2, -0.15) is 0 Å². The third kappa shape index (κ3) is 3.10. The number of hydrogen-bond acceptors (Lipinski definition) is 5. The molecule has 2 rings (SSSR count). The first kappa shape index (κ1) is 13.9. The van der Waals surface area contributed by atoms with Crippen molar-refractivity contribution in [3.05, 3.63) is 29.3 Å². The van der Waals surface area contributed by atoms with Crippen LogP contribution in [-0.2, 0) is 27.1 Å². The monoisotopic (exact) mass is 280 g/mol. The lowest BCUT2D eigenvalue weighted by Crippen LogP contribution is -2.16. The lowest BCUT2D eigenvalue weighted by Gasteiger charge is -2.07. The maximum absolute atomic E-state index is 11.6. The zero-order valence-electron chi connectivity index (χ0n) is 11.0. The Bertz CT molecular complexity index is 498. The van der Waals surface area contributed by atoms with Crippen molar-refractivity contribution in [2.24, 2.45) is 5.92 Å². The first-order valence-corrected chi connectivity index (χ1v) is 7.00. The van der Waals surface area contributed by atoms with E-state index >= 15 is 0 Å². The number of carbonyl (C=O) groups is 2. The summed E-state index contributed by atoms with van der Waals surface area (Å²) in [6.45, 7) is 2.15. The predicted octanol–water partition coefficient (Wildman–Crippen LogP) is 2.82. The van der Waals surface area contributed by atoms with E-state index in [1.54, 1.807) is 6.92 Å². The summed E-state index contributed by atoms with van der Waals surface area (Å²) in [5.74, 6) is -0.327. The standard InChI is InChI=1S/C14H16O4S/c1-3-18-14(16)19-12-6-4-5-9-7-10(8-11(9)12)13(15)17-2/h4-6,10H,3,7-8H2,1-2H3/t10-/m1/s1. The molecule has 1 aromatic carbocycles. The molecule has 1 aliphatic rings. The third-order valence-electron chi connectivity index (χ3n) is 3.14. The SMILES string of the molecule is CCOC(=O)Sc1cccc2c1C[C@H](C(=O)OC)C2. The second kappa shape index (κ2) is 6.10. The highest BCUT2D eigenvalue weighted by Gasteiger charge is 2.30. The van der Waals surface area contributed by atoms with Crippen LogP contribution in [-0.4, -0.2) is 25.0 Å². The van der Waals surface area contributed by atoms with Crippen LogP contribution >= 0.6 is 11.8 Å². The van der Waals surface area contributed by atoms with E-state index in [-0.39, 0.29) is 17.2 Å². The van der Waals surface area contributed by atoms with Gasteiger partial charge in [0.05, 0.1) is 19.6 Å². The van der Waals surface area contributed by atoms with Crippen LogP contribution in [0.3, 0.4) is 0 Å². The van der Waals surface area contributed by atoms with Crippen molar-refractivity contribution in [2.75, 3.05) is 13.7 Å². The smallest absolute Gasteiger partial charge is 0.372 e. The molecule has 0 radical (unpaired) electrons. The van der Waals surface area contributed by atoms with Crippen molar-refractivity contribution in [3.63, 3.8) is 0 Å². The highest BCUT2D eigenvalue weighted by Crippen LogP contribution is 2.35.